The van der Waals surface area contributed by atoms with Gasteiger partial charge in [0.1, 0.15) is 12.3 Å². The first kappa shape index (κ1) is 11.9. The van der Waals surface area contributed by atoms with Crippen molar-refractivity contribution in [2.75, 3.05) is 13.6 Å². The molecule has 0 aromatic carbocycles. The molecule has 0 radical (unpaired) electrons. The highest BCUT2D eigenvalue weighted by Crippen LogP contribution is 2.31. The molecule has 0 bridgehead atoms. The average Bonchev–Trinajstić information content (AvgIpc) is 2.12. The normalized spacial score (nSPS) is 35.6. The number of halogens is 2. The summed E-state index contributed by atoms with van der Waals surface area (Å²) < 4.78 is 25.8. The molecule has 1 fully saturated rings. The Kier molecular flexibility index (Phi) is 4.75. The van der Waals surface area contributed by atoms with E-state index in [0.717, 1.165) is 19.4 Å². The monoisotopic (exact) mass is 206 g/mol. The molecule has 0 aromatic rings. The minimum atomic E-state index is -1.27. The van der Waals surface area contributed by atoms with E-state index in [-0.39, 0.29) is 12.0 Å². The number of hydrogen-bond acceptors (Lipinski definition) is 2. The Morgan fingerprint density at radius 1 is 1.36 bits per heavy atom. The summed E-state index contributed by atoms with van der Waals surface area (Å²) in [5.41, 5.74) is 5.82. The fourth-order valence-corrected chi connectivity index (χ4v) is 2.15. The lowest BCUT2D eigenvalue weighted by molar-refractivity contribution is 0.0846. The molecule has 0 heterocycles. The highest BCUT2D eigenvalue weighted by atomic mass is 19.2. The van der Waals surface area contributed by atoms with Crippen LogP contribution in [0.2, 0.25) is 0 Å². The predicted octanol–water partition coefficient (Wildman–Crippen LogP) is 1.40. The Hall–Kier alpha value is -0.220. The van der Waals surface area contributed by atoms with Crippen LogP contribution in [0.15, 0.2) is 0 Å². The second-order valence-electron chi connectivity index (χ2n) is 4.26. The lowest BCUT2D eigenvalue weighted by atomic mass is 9.83. The molecular formula is C10H20F2N2. The van der Waals surface area contributed by atoms with Crippen molar-refractivity contribution >= 4 is 0 Å². The van der Waals surface area contributed by atoms with Crippen molar-refractivity contribution in [2.45, 2.75) is 44.1 Å². The minimum Gasteiger partial charge on any atom is -0.327 e. The van der Waals surface area contributed by atoms with Crippen molar-refractivity contribution in [3.63, 3.8) is 0 Å². The Balaban J connectivity index is 2.25. The molecule has 0 aliphatic heterocycles. The molecule has 1 aliphatic rings. The van der Waals surface area contributed by atoms with Crippen LogP contribution in [0.25, 0.3) is 0 Å². The fraction of sp³-hybridized carbons (Fsp3) is 1.00. The van der Waals surface area contributed by atoms with Gasteiger partial charge in [0.2, 0.25) is 0 Å². The van der Waals surface area contributed by atoms with Gasteiger partial charge in [0.25, 0.3) is 0 Å². The van der Waals surface area contributed by atoms with E-state index in [4.69, 9.17) is 5.73 Å². The molecule has 1 rings (SSSR count). The van der Waals surface area contributed by atoms with Gasteiger partial charge < -0.3 is 11.1 Å². The zero-order valence-corrected chi connectivity index (χ0v) is 8.68. The molecule has 4 atom stereocenters. The van der Waals surface area contributed by atoms with E-state index in [2.05, 4.69) is 5.32 Å². The van der Waals surface area contributed by atoms with Crippen LogP contribution in [0.5, 0.6) is 0 Å². The lowest BCUT2D eigenvalue weighted by Gasteiger charge is -2.29. The first-order chi connectivity index (χ1) is 6.63. The van der Waals surface area contributed by atoms with Crippen molar-refractivity contribution in [1.82, 2.24) is 5.32 Å². The summed E-state index contributed by atoms with van der Waals surface area (Å²) in [7, 11) is 1.84. The van der Waals surface area contributed by atoms with E-state index >= 15 is 0 Å². The Bertz CT molecular complexity index is 166. The molecule has 84 valence electrons. The van der Waals surface area contributed by atoms with E-state index in [0.29, 0.717) is 12.8 Å². The van der Waals surface area contributed by atoms with Gasteiger partial charge in [0.15, 0.2) is 0 Å². The minimum absolute atomic E-state index is 0.0633. The number of alkyl halides is 2. The fourth-order valence-electron chi connectivity index (χ4n) is 2.15. The number of nitrogens with one attached hydrogen (secondary N) is 1. The highest BCUT2D eigenvalue weighted by molar-refractivity contribution is 4.82. The summed E-state index contributed by atoms with van der Waals surface area (Å²) in [5.74, 6) is 0.264. The van der Waals surface area contributed by atoms with E-state index in [1.54, 1.807) is 0 Å². The van der Waals surface area contributed by atoms with Gasteiger partial charge in [-0.05, 0) is 38.6 Å². The molecule has 0 spiro atoms. The standard InChI is InChI=1S/C10H20F2N2/c1-14-6-8(13)4-7-2-3-9(11)10(12)5-7/h7-10,14H,2-6,13H2,1H3. The van der Waals surface area contributed by atoms with Crippen molar-refractivity contribution in [3.8, 4) is 0 Å². The van der Waals surface area contributed by atoms with Crippen LogP contribution < -0.4 is 11.1 Å². The highest BCUT2D eigenvalue weighted by Gasteiger charge is 2.30. The molecule has 0 saturated heterocycles. The summed E-state index contributed by atoms with van der Waals surface area (Å²) in [6.45, 7) is 0.743. The van der Waals surface area contributed by atoms with Crippen LogP contribution >= 0.6 is 0 Å². The maximum Gasteiger partial charge on any atom is 0.131 e. The van der Waals surface area contributed by atoms with E-state index in [1.807, 2.05) is 7.05 Å². The Morgan fingerprint density at radius 3 is 2.64 bits per heavy atom. The van der Waals surface area contributed by atoms with Crippen molar-refractivity contribution in [3.05, 3.63) is 0 Å². The summed E-state index contributed by atoms with van der Waals surface area (Å²) in [6.07, 6.45) is -0.230. The molecule has 1 aliphatic carbocycles. The summed E-state index contributed by atoms with van der Waals surface area (Å²) in [4.78, 5) is 0. The van der Waals surface area contributed by atoms with Gasteiger partial charge in [-0.1, -0.05) is 0 Å². The number of rotatable bonds is 4. The Labute approximate surface area is 84.2 Å². The largest absolute Gasteiger partial charge is 0.327 e. The van der Waals surface area contributed by atoms with Crippen LogP contribution in [-0.4, -0.2) is 32.0 Å². The summed E-state index contributed by atoms with van der Waals surface area (Å²) in [5, 5.41) is 2.98. The molecule has 0 aromatic heterocycles. The zero-order chi connectivity index (χ0) is 10.6. The van der Waals surface area contributed by atoms with Crippen LogP contribution in [0, 0.1) is 5.92 Å². The van der Waals surface area contributed by atoms with Gasteiger partial charge in [0.05, 0.1) is 0 Å². The van der Waals surface area contributed by atoms with Gasteiger partial charge in [-0.25, -0.2) is 8.78 Å². The first-order valence-electron chi connectivity index (χ1n) is 5.31. The predicted molar refractivity (Wildman–Crippen MR) is 53.7 cm³/mol. The SMILES string of the molecule is CNCC(N)CC1CCC(F)C(F)C1. The first-order valence-corrected chi connectivity index (χ1v) is 5.31. The number of likely N-dealkylation sites (N-methyl/N-ethyl adjacent to an activating group) is 1. The van der Waals surface area contributed by atoms with Gasteiger partial charge in [-0.15, -0.1) is 0 Å². The van der Waals surface area contributed by atoms with Gasteiger partial charge >= 0.3 is 0 Å². The van der Waals surface area contributed by atoms with Gasteiger partial charge in [-0.3, -0.25) is 0 Å². The second kappa shape index (κ2) is 5.61. The molecule has 3 N–H and O–H groups in total. The zero-order valence-electron chi connectivity index (χ0n) is 8.68. The summed E-state index contributed by atoms with van der Waals surface area (Å²) in [6, 6.07) is 0.0633. The van der Waals surface area contributed by atoms with Gasteiger partial charge in [-0.2, -0.15) is 0 Å². The Morgan fingerprint density at radius 2 is 2.07 bits per heavy atom. The quantitative estimate of drug-likeness (QED) is 0.729. The van der Waals surface area contributed by atoms with E-state index in [9.17, 15) is 8.78 Å². The van der Waals surface area contributed by atoms with Crippen molar-refractivity contribution in [2.24, 2.45) is 11.7 Å². The topological polar surface area (TPSA) is 38.0 Å². The average molecular weight is 206 g/mol. The maximum absolute atomic E-state index is 13.0. The van der Waals surface area contributed by atoms with Crippen LogP contribution in [0.3, 0.4) is 0 Å². The molecule has 4 heteroatoms. The molecule has 1 saturated carbocycles. The third-order valence-electron chi connectivity index (χ3n) is 2.90. The lowest BCUT2D eigenvalue weighted by Crippen LogP contribution is -2.36. The van der Waals surface area contributed by atoms with E-state index < -0.39 is 12.3 Å². The second-order valence-corrected chi connectivity index (χ2v) is 4.26. The third kappa shape index (κ3) is 3.50. The van der Waals surface area contributed by atoms with E-state index in [1.165, 1.54) is 0 Å². The maximum atomic E-state index is 13.0. The molecule has 14 heavy (non-hydrogen) atoms. The van der Waals surface area contributed by atoms with Crippen LogP contribution in [0.4, 0.5) is 8.78 Å². The summed E-state index contributed by atoms with van der Waals surface area (Å²) >= 11 is 0. The van der Waals surface area contributed by atoms with Gasteiger partial charge in [0, 0.05) is 12.6 Å². The number of hydrogen-bond donors (Lipinski definition) is 2. The molecule has 0 amide bonds. The smallest absolute Gasteiger partial charge is 0.131 e. The third-order valence-corrected chi connectivity index (χ3v) is 2.90. The van der Waals surface area contributed by atoms with Crippen molar-refractivity contribution in [1.29, 1.82) is 0 Å². The van der Waals surface area contributed by atoms with Crippen LogP contribution in [-0.2, 0) is 0 Å². The van der Waals surface area contributed by atoms with Crippen molar-refractivity contribution < 1.29 is 8.78 Å². The van der Waals surface area contributed by atoms with Crippen LogP contribution in [0.1, 0.15) is 25.7 Å². The molecule has 2 nitrogen and oxygen atoms in total. The number of nitrogens with two attached hydrogens (primary N) is 1. The molecular weight excluding hydrogens is 186 g/mol. The molecule has 4 unspecified atom stereocenters.